The predicted octanol–water partition coefficient (Wildman–Crippen LogP) is 1.75. The molecule has 1 saturated heterocycles. The van der Waals surface area contributed by atoms with Crippen molar-refractivity contribution in [3.05, 3.63) is 29.8 Å². The summed E-state index contributed by atoms with van der Waals surface area (Å²) < 4.78 is 5.06. The molecule has 1 aliphatic rings. The van der Waals surface area contributed by atoms with Crippen LogP contribution in [0.1, 0.15) is 23.2 Å². The maximum absolute atomic E-state index is 12.2. The Bertz CT molecular complexity index is 427. The summed E-state index contributed by atoms with van der Waals surface area (Å²) in [5, 5.41) is 0. The van der Waals surface area contributed by atoms with Crippen LogP contribution in [0.4, 0.5) is 0 Å². The van der Waals surface area contributed by atoms with Gasteiger partial charge in [-0.3, -0.25) is 4.79 Å². The van der Waals surface area contributed by atoms with Crippen molar-refractivity contribution in [3.63, 3.8) is 0 Å². The number of hydrogen-bond donors (Lipinski definition) is 0. The van der Waals surface area contributed by atoms with Crippen molar-refractivity contribution in [2.45, 2.75) is 12.8 Å². The predicted molar refractivity (Wildman–Crippen MR) is 67.7 cm³/mol. The highest BCUT2D eigenvalue weighted by Gasteiger charge is 2.23. The van der Waals surface area contributed by atoms with E-state index in [1.807, 2.05) is 0 Å². The molecule has 1 unspecified atom stereocenters. The molecule has 1 heterocycles. The van der Waals surface area contributed by atoms with Gasteiger partial charge in [-0.2, -0.15) is 0 Å². The number of hydrogen-bond acceptors (Lipinski definition) is 3. The molecule has 0 aromatic heterocycles. The number of nitrogens with zero attached hydrogens (tertiary/aromatic N) is 1. The highest BCUT2D eigenvalue weighted by Crippen LogP contribution is 2.18. The largest absolute Gasteiger partial charge is 0.497 e. The van der Waals surface area contributed by atoms with Gasteiger partial charge in [0.05, 0.1) is 7.11 Å². The summed E-state index contributed by atoms with van der Waals surface area (Å²) in [6.45, 7) is 1.27. The molecule has 4 heteroatoms. The molecule has 4 nitrogen and oxygen atoms in total. The van der Waals surface area contributed by atoms with Gasteiger partial charge >= 0.3 is 0 Å². The van der Waals surface area contributed by atoms with Gasteiger partial charge in [-0.15, -0.1) is 0 Å². The lowest BCUT2D eigenvalue weighted by Gasteiger charge is -2.30. The highest BCUT2D eigenvalue weighted by atomic mass is 16.5. The summed E-state index contributed by atoms with van der Waals surface area (Å²) in [6, 6.07) is 7.06. The lowest BCUT2D eigenvalue weighted by molar-refractivity contribution is -0.112. The zero-order valence-electron chi connectivity index (χ0n) is 10.5. The molecule has 18 heavy (non-hydrogen) atoms. The van der Waals surface area contributed by atoms with Crippen LogP contribution in [0.25, 0.3) is 0 Å². The summed E-state index contributed by atoms with van der Waals surface area (Å²) in [6.07, 6.45) is 2.73. The van der Waals surface area contributed by atoms with Crippen molar-refractivity contribution in [3.8, 4) is 5.75 Å². The minimum atomic E-state index is -0.0130. The van der Waals surface area contributed by atoms with E-state index in [4.69, 9.17) is 4.74 Å². The molecule has 1 aromatic rings. The number of methoxy groups -OCH3 is 1. The zero-order valence-corrected chi connectivity index (χ0v) is 10.5. The third-order valence-corrected chi connectivity index (χ3v) is 3.27. The monoisotopic (exact) mass is 247 g/mol. The number of ether oxygens (including phenoxy) is 1. The average Bonchev–Trinajstić information content (AvgIpc) is 2.46. The molecule has 96 valence electrons. The summed E-state index contributed by atoms with van der Waals surface area (Å²) in [7, 11) is 1.59. The zero-order chi connectivity index (χ0) is 13.0. The van der Waals surface area contributed by atoms with E-state index in [1.54, 1.807) is 36.3 Å². The van der Waals surface area contributed by atoms with Gasteiger partial charge in [-0.05, 0) is 37.1 Å². The lowest BCUT2D eigenvalue weighted by atomic mass is 9.99. The van der Waals surface area contributed by atoms with E-state index >= 15 is 0 Å². The number of piperidine rings is 1. The van der Waals surface area contributed by atoms with Crippen molar-refractivity contribution >= 4 is 12.2 Å². The van der Waals surface area contributed by atoms with Gasteiger partial charge in [0.1, 0.15) is 12.0 Å². The Morgan fingerprint density at radius 1 is 1.39 bits per heavy atom. The molecule has 1 fully saturated rings. The summed E-state index contributed by atoms with van der Waals surface area (Å²) >= 11 is 0. The fraction of sp³-hybridized carbons (Fsp3) is 0.429. The van der Waals surface area contributed by atoms with E-state index in [9.17, 15) is 9.59 Å². The highest BCUT2D eigenvalue weighted by molar-refractivity contribution is 5.94. The van der Waals surface area contributed by atoms with Crippen molar-refractivity contribution in [1.82, 2.24) is 4.90 Å². The third kappa shape index (κ3) is 2.70. The first-order chi connectivity index (χ1) is 8.74. The summed E-state index contributed by atoms with van der Waals surface area (Å²) in [5.41, 5.74) is 0.641. The first kappa shape index (κ1) is 12.6. The second kappa shape index (κ2) is 5.67. The van der Waals surface area contributed by atoms with Gasteiger partial charge < -0.3 is 14.4 Å². The quantitative estimate of drug-likeness (QED) is 0.764. The Labute approximate surface area is 107 Å². The third-order valence-electron chi connectivity index (χ3n) is 3.27. The van der Waals surface area contributed by atoms with Crippen LogP contribution in [-0.2, 0) is 4.79 Å². The van der Waals surface area contributed by atoms with Crippen LogP contribution in [-0.4, -0.2) is 37.3 Å². The molecular formula is C14H17NO3. The summed E-state index contributed by atoms with van der Waals surface area (Å²) in [5.74, 6) is 0.709. The number of benzene rings is 1. The maximum Gasteiger partial charge on any atom is 0.253 e. The maximum atomic E-state index is 12.2. The van der Waals surface area contributed by atoms with E-state index in [0.717, 1.165) is 31.4 Å². The van der Waals surface area contributed by atoms with Gasteiger partial charge in [0.15, 0.2) is 0 Å². The van der Waals surface area contributed by atoms with Crippen LogP contribution in [0.15, 0.2) is 24.3 Å². The average molecular weight is 247 g/mol. The molecule has 1 aromatic carbocycles. The number of rotatable bonds is 3. The molecule has 0 bridgehead atoms. The lowest BCUT2D eigenvalue weighted by Crippen LogP contribution is -2.40. The molecule has 1 amide bonds. The molecule has 0 aliphatic carbocycles. The first-order valence-electron chi connectivity index (χ1n) is 6.13. The van der Waals surface area contributed by atoms with Gasteiger partial charge in [0.2, 0.25) is 0 Å². The molecule has 0 radical (unpaired) electrons. The fourth-order valence-corrected chi connectivity index (χ4v) is 2.22. The smallest absolute Gasteiger partial charge is 0.253 e. The van der Waals surface area contributed by atoms with E-state index < -0.39 is 0 Å². The standard InChI is InChI=1S/C14H17NO3/c1-18-13-6-4-12(5-7-13)14(17)15-8-2-3-11(9-15)10-16/h4-7,10-11H,2-3,8-9H2,1H3. The van der Waals surface area contributed by atoms with Crippen LogP contribution < -0.4 is 4.74 Å². The van der Waals surface area contributed by atoms with Gasteiger partial charge in [0, 0.05) is 24.6 Å². The topological polar surface area (TPSA) is 46.6 Å². The fourth-order valence-electron chi connectivity index (χ4n) is 2.22. The molecule has 1 atom stereocenters. The molecular weight excluding hydrogens is 230 g/mol. The molecule has 0 N–H and O–H groups in total. The van der Waals surface area contributed by atoms with E-state index in [1.165, 1.54) is 0 Å². The minimum absolute atomic E-state index is 0.01000. The SMILES string of the molecule is COc1ccc(C(=O)N2CCCC(C=O)C2)cc1. The molecule has 1 aliphatic heterocycles. The van der Waals surface area contributed by atoms with Gasteiger partial charge in [0.25, 0.3) is 5.91 Å². The van der Waals surface area contributed by atoms with E-state index in [2.05, 4.69) is 0 Å². The van der Waals surface area contributed by atoms with Crippen molar-refractivity contribution in [2.75, 3.05) is 20.2 Å². The Balaban J connectivity index is 2.07. The van der Waals surface area contributed by atoms with Crippen LogP contribution in [0, 0.1) is 5.92 Å². The molecule has 2 rings (SSSR count). The Kier molecular flexibility index (Phi) is 3.97. The molecule has 0 spiro atoms. The Morgan fingerprint density at radius 2 is 2.11 bits per heavy atom. The van der Waals surface area contributed by atoms with Crippen molar-refractivity contribution in [2.24, 2.45) is 5.92 Å². The number of carbonyl (C=O) groups excluding carboxylic acids is 2. The molecule has 0 saturated carbocycles. The summed E-state index contributed by atoms with van der Waals surface area (Å²) in [4.78, 5) is 24.8. The van der Waals surface area contributed by atoms with Crippen LogP contribution >= 0.6 is 0 Å². The van der Waals surface area contributed by atoms with E-state index in [0.29, 0.717) is 12.1 Å². The second-order valence-corrected chi connectivity index (χ2v) is 4.52. The number of likely N-dealkylation sites (tertiary alicyclic amines) is 1. The number of amides is 1. The first-order valence-corrected chi connectivity index (χ1v) is 6.13. The van der Waals surface area contributed by atoms with Crippen molar-refractivity contribution < 1.29 is 14.3 Å². The number of aldehydes is 1. The van der Waals surface area contributed by atoms with Crippen molar-refractivity contribution in [1.29, 1.82) is 0 Å². The normalized spacial score (nSPS) is 19.4. The van der Waals surface area contributed by atoms with Crippen LogP contribution in [0.3, 0.4) is 0 Å². The Hall–Kier alpha value is -1.84. The van der Waals surface area contributed by atoms with E-state index in [-0.39, 0.29) is 11.8 Å². The second-order valence-electron chi connectivity index (χ2n) is 4.52. The van der Waals surface area contributed by atoms with Crippen LogP contribution in [0.5, 0.6) is 5.75 Å². The van der Waals surface area contributed by atoms with Gasteiger partial charge in [-0.1, -0.05) is 0 Å². The van der Waals surface area contributed by atoms with Gasteiger partial charge in [-0.25, -0.2) is 0 Å². The van der Waals surface area contributed by atoms with Crippen LogP contribution in [0.2, 0.25) is 0 Å². The number of carbonyl (C=O) groups is 2. The Morgan fingerprint density at radius 3 is 2.72 bits per heavy atom. The minimum Gasteiger partial charge on any atom is -0.497 e.